The number of fused-ring (bicyclic) bond motifs is 1. The zero-order valence-electron chi connectivity index (χ0n) is 14.0. The molecule has 0 spiro atoms. The Kier molecular flexibility index (Phi) is 4.53. The summed E-state index contributed by atoms with van der Waals surface area (Å²) in [6.45, 7) is 9.28. The molecule has 3 nitrogen and oxygen atoms in total. The highest BCUT2D eigenvalue weighted by Crippen LogP contribution is 2.36. The quantitative estimate of drug-likeness (QED) is 0.654. The van der Waals surface area contributed by atoms with Gasteiger partial charge in [-0.3, -0.25) is 0 Å². The number of anilines is 2. The van der Waals surface area contributed by atoms with Gasteiger partial charge in [-0.1, -0.05) is 43.4 Å². The molecule has 1 aromatic heterocycles. The van der Waals surface area contributed by atoms with E-state index in [1.807, 2.05) is 30.3 Å². The Morgan fingerprint density at radius 3 is 2.57 bits per heavy atom. The molecule has 0 saturated carbocycles. The molecule has 0 atom stereocenters. The molecule has 0 aliphatic carbocycles. The number of hydrogen-bond acceptors (Lipinski definition) is 4. The van der Waals surface area contributed by atoms with Crippen LogP contribution in [0.1, 0.15) is 25.0 Å². The molecule has 120 valence electrons. The van der Waals surface area contributed by atoms with Crippen LogP contribution in [0.25, 0.3) is 10.2 Å². The van der Waals surface area contributed by atoms with Gasteiger partial charge in [0.1, 0.15) is 5.75 Å². The number of aromatic nitrogens is 1. The lowest BCUT2D eigenvalue weighted by molar-refractivity contribution is 0.269. The summed E-state index contributed by atoms with van der Waals surface area (Å²) in [7, 11) is 0. The molecule has 23 heavy (non-hydrogen) atoms. The first-order valence-corrected chi connectivity index (χ1v) is 8.72. The summed E-state index contributed by atoms with van der Waals surface area (Å²) in [6.07, 6.45) is 0. The first-order valence-electron chi connectivity index (χ1n) is 7.90. The topological polar surface area (TPSA) is 34.1 Å². The standard InChI is InChI=1S/C19H22N2OS/c1-12(2)11-22-16-10-17-18(14(4)13(16)3)21-19(23-17)20-15-8-6-5-7-9-15/h5-10,12H,11H2,1-4H3,(H,20,21). The van der Waals surface area contributed by atoms with Gasteiger partial charge in [-0.2, -0.15) is 0 Å². The fourth-order valence-electron chi connectivity index (χ4n) is 2.39. The van der Waals surface area contributed by atoms with Gasteiger partial charge in [0.15, 0.2) is 5.13 Å². The minimum atomic E-state index is 0.516. The third-order valence-electron chi connectivity index (χ3n) is 3.80. The van der Waals surface area contributed by atoms with E-state index >= 15 is 0 Å². The minimum absolute atomic E-state index is 0.516. The zero-order valence-corrected chi connectivity index (χ0v) is 14.8. The smallest absolute Gasteiger partial charge is 0.188 e. The van der Waals surface area contributed by atoms with Crippen molar-refractivity contribution in [3.63, 3.8) is 0 Å². The van der Waals surface area contributed by atoms with Gasteiger partial charge in [0.2, 0.25) is 0 Å². The SMILES string of the molecule is Cc1c(OCC(C)C)cc2sc(Nc3ccccc3)nc2c1C. The summed E-state index contributed by atoms with van der Waals surface area (Å²) in [5, 5.41) is 4.29. The van der Waals surface area contributed by atoms with Crippen LogP contribution in [0.15, 0.2) is 36.4 Å². The summed E-state index contributed by atoms with van der Waals surface area (Å²) in [5.74, 6) is 1.49. The van der Waals surface area contributed by atoms with E-state index in [9.17, 15) is 0 Å². The molecule has 0 aliphatic rings. The lowest BCUT2D eigenvalue weighted by Crippen LogP contribution is -2.06. The van der Waals surface area contributed by atoms with Crippen LogP contribution in [0, 0.1) is 19.8 Å². The van der Waals surface area contributed by atoms with E-state index in [1.165, 1.54) is 11.1 Å². The van der Waals surface area contributed by atoms with Crippen LogP contribution in [0.4, 0.5) is 10.8 Å². The van der Waals surface area contributed by atoms with Crippen molar-refractivity contribution in [2.45, 2.75) is 27.7 Å². The molecule has 0 fully saturated rings. The van der Waals surface area contributed by atoms with Gasteiger partial charge in [-0.05, 0) is 49.1 Å². The van der Waals surface area contributed by atoms with E-state index in [0.29, 0.717) is 5.92 Å². The second kappa shape index (κ2) is 6.59. The van der Waals surface area contributed by atoms with Crippen molar-refractivity contribution in [1.82, 2.24) is 4.98 Å². The minimum Gasteiger partial charge on any atom is -0.493 e. The number of aryl methyl sites for hydroxylation is 1. The number of rotatable bonds is 5. The van der Waals surface area contributed by atoms with Crippen molar-refractivity contribution in [3.05, 3.63) is 47.5 Å². The first-order chi connectivity index (χ1) is 11.0. The normalized spacial score (nSPS) is 11.2. The molecule has 0 amide bonds. The first kappa shape index (κ1) is 15.8. The van der Waals surface area contributed by atoms with Gasteiger partial charge in [0, 0.05) is 5.69 Å². The molecule has 0 radical (unpaired) electrons. The summed E-state index contributed by atoms with van der Waals surface area (Å²) in [6, 6.07) is 12.2. The maximum absolute atomic E-state index is 5.97. The highest BCUT2D eigenvalue weighted by molar-refractivity contribution is 7.22. The second-order valence-corrected chi connectivity index (χ2v) is 7.22. The van der Waals surface area contributed by atoms with E-state index in [0.717, 1.165) is 33.4 Å². The number of nitrogens with one attached hydrogen (secondary N) is 1. The van der Waals surface area contributed by atoms with Gasteiger partial charge < -0.3 is 10.1 Å². The molecular weight excluding hydrogens is 304 g/mol. The average Bonchev–Trinajstić information content (AvgIpc) is 2.93. The summed E-state index contributed by atoms with van der Waals surface area (Å²) < 4.78 is 7.13. The van der Waals surface area contributed by atoms with Crippen molar-refractivity contribution < 1.29 is 4.74 Å². The van der Waals surface area contributed by atoms with Crippen LogP contribution in [-0.4, -0.2) is 11.6 Å². The number of thiazole rings is 1. The number of nitrogens with zero attached hydrogens (tertiary/aromatic N) is 1. The number of ether oxygens (including phenoxy) is 1. The molecule has 0 unspecified atom stereocenters. The Labute approximate surface area is 141 Å². The Morgan fingerprint density at radius 2 is 1.87 bits per heavy atom. The Hall–Kier alpha value is -2.07. The molecule has 3 aromatic rings. The van der Waals surface area contributed by atoms with Gasteiger partial charge in [-0.25, -0.2) is 4.98 Å². The van der Waals surface area contributed by atoms with Gasteiger partial charge in [0.05, 0.1) is 16.8 Å². The van der Waals surface area contributed by atoms with Crippen LogP contribution >= 0.6 is 11.3 Å². The lowest BCUT2D eigenvalue weighted by Gasteiger charge is -2.13. The van der Waals surface area contributed by atoms with Crippen molar-refractivity contribution in [2.75, 3.05) is 11.9 Å². The Bertz CT molecular complexity index is 809. The van der Waals surface area contributed by atoms with E-state index in [-0.39, 0.29) is 0 Å². The zero-order chi connectivity index (χ0) is 16.4. The van der Waals surface area contributed by atoms with Gasteiger partial charge >= 0.3 is 0 Å². The van der Waals surface area contributed by atoms with Crippen LogP contribution in [0.5, 0.6) is 5.75 Å². The van der Waals surface area contributed by atoms with Crippen LogP contribution in [-0.2, 0) is 0 Å². The average molecular weight is 326 g/mol. The second-order valence-electron chi connectivity index (χ2n) is 6.19. The Morgan fingerprint density at radius 1 is 1.13 bits per heavy atom. The van der Waals surface area contributed by atoms with Gasteiger partial charge in [-0.15, -0.1) is 0 Å². The molecular formula is C19H22N2OS. The van der Waals surface area contributed by atoms with E-state index in [2.05, 4.69) is 39.1 Å². The van der Waals surface area contributed by atoms with Crippen molar-refractivity contribution >= 4 is 32.4 Å². The third kappa shape index (κ3) is 3.48. The summed E-state index contributed by atoms with van der Waals surface area (Å²) in [5.41, 5.74) is 4.48. The van der Waals surface area contributed by atoms with Crippen LogP contribution < -0.4 is 10.1 Å². The molecule has 4 heteroatoms. The molecule has 1 N–H and O–H groups in total. The molecule has 3 rings (SSSR count). The maximum Gasteiger partial charge on any atom is 0.188 e. The van der Waals surface area contributed by atoms with E-state index in [1.54, 1.807) is 11.3 Å². The molecule has 0 bridgehead atoms. The van der Waals surface area contributed by atoms with Crippen molar-refractivity contribution in [1.29, 1.82) is 0 Å². The van der Waals surface area contributed by atoms with Crippen LogP contribution in [0.3, 0.4) is 0 Å². The van der Waals surface area contributed by atoms with Crippen LogP contribution in [0.2, 0.25) is 0 Å². The van der Waals surface area contributed by atoms with Gasteiger partial charge in [0.25, 0.3) is 0 Å². The Balaban J connectivity index is 1.94. The fraction of sp³-hybridized carbons (Fsp3) is 0.316. The maximum atomic E-state index is 5.97. The van der Waals surface area contributed by atoms with Crippen molar-refractivity contribution in [2.24, 2.45) is 5.92 Å². The molecule has 2 aromatic carbocycles. The third-order valence-corrected chi connectivity index (χ3v) is 4.72. The molecule has 1 heterocycles. The molecule has 0 aliphatic heterocycles. The number of hydrogen-bond donors (Lipinski definition) is 1. The van der Waals surface area contributed by atoms with Crippen molar-refractivity contribution in [3.8, 4) is 5.75 Å². The summed E-state index contributed by atoms with van der Waals surface area (Å²) in [4.78, 5) is 4.76. The predicted octanol–water partition coefficient (Wildman–Crippen LogP) is 5.69. The number of para-hydroxylation sites is 1. The monoisotopic (exact) mass is 326 g/mol. The lowest BCUT2D eigenvalue weighted by atomic mass is 10.1. The summed E-state index contributed by atoms with van der Waals surface area (Å²) >= 11 is 1.66. The highest BCUT2D eigenvalue weighted by Gasteiger charge is 2.13. The predicted molar refractivity (Wildman–Crippen MR) is 99.2 cm³/mol. The largest absolute Gasteiger partial charge is 0.493 e. The fourth-order valence-corrected chi connectivity index (χ4v) is 3.37. The molecule has 0 saturated heterocycles. The highest BCUT2D eigenvalue weighted by atomic mass is 32.1. The van der Waals surface area contributed by atoms with E-state index in [4.69, 9.17) is 9.72 Å². The number of benzene rings is 2. The van der Waals surface area contributed by atoms with E-state index < -0.39 is 0 Å².